The quantitative estimate of drug-likeness (QED) is 0.773. The van der Waals surface area contributed by atoms with Crippen molar-refractivity contribution in [3.63, 3.8) is 0 Å². The summed E-state index contributed by atoms with van der Waals surface area (Å²) in [5.74, 6) is 1.18. The number of anilines is 1. The Hall–Kier alpha value is -0.620. The summed E-state index contributed by atoms with van der Waals surface area (Å²) in [6, 6.07) is 0. The monoisotopic (exact) mass is 315 g/mol. The van der Waals surface area contributed by atoms with E-state index in [2.05, 4.69) is 43.0 Å². The summed E-state index contributed by atoms with van der Waals surface area (Å²) in [5.41, 5.74) is 0. The summed E-state index contributed by atoms with van der Waals surface area (Å²) in [4.78, 5) is 4.94. The summed E-state index contributed by atoms with van der Waals surface area (Å²) in [6.45, 7) is 8.77. The molecule has 5 nitrogen and oxygen atoms in total. The molecule has 0 aromatic carbocycles. The van der Waals surface area contributed by atoms with Crippen molar-refractivity contribution in [2.75, 3.05) is 43.0 Å². The van der Waals surface area contributed by atoms with Gasteiger partial charge in [-0.2, -0.15) is 0 Å². The molecule has 0 saturated carbocycles. The van der Waals surface area contributed by atoms with E-state index in [4.69, 9.17) is 0 Å². The van der Waals surface area contributed by atoms with E-state index >= 15 is 0 Å². The molecule has 0 radical (unpaired) electrons. The minimum atomic E-state index is 0.955. The fourth-order valence-electron chi connectivity index (χ4n) is 2.41. The molecule has 1 aromatic heterocycles. The third-order valence-electron chi connectivity index (χ3n) is 3.35. The molecule has 2 rings (SSSR count). The molecular formula is C12H22BrN5. The molecule has 1 aliphatic heterocycles. The van der Waals surface area contributed by atoms with Gasteiger partial charge in [0.05, 0.1) is 6.20 Å². The first-order valence-corrected chi connectivity index (χ1v) is 7.89. The molecule has 1 aliphatic rings. The Morgan fingerprint density at radius 2 is 2.11 bits per heavy atom. The van der Waals surface area contributed by atoms with Crippen LogP contribution in [-0.2, 0) is 6.54 Å². The lowest BCUT2D eigenvalue weighted by Gasteiger charge is -2.23. The van der Waals surface area contributed by atoms with Gasteiger partial charge in [0.15, 0.2) is 0 Å². The number of hydrogen-bond acceptors (Lipinski definition) is 4. The van der Waals surface area contributed by atoms with Crippen molar-refractivity contribution in [2.24, 2.45) is 0 Å². The molecule has 6 heteroatoms. The number of alkyl halides is 1. The first-order valence-electron chi connectivity index (χ1n) is 6.77. The zero-order valence-electron chi connectivity index (χ0n) is 11.1. The van der Waals surface area contributed by atoms with Crippen LogP contribution in [-0.4, -0.2) is 57.9 Å². The van der Waals surface area contributed by atoms with Gasteiger partial charge in [0.2, 0.25) is 0 Å². The Bertz CT molecular complexity index is 354. The van der Waals surface area contributed by atoms with Crippen LogP contribution in [0.2, 0.25) is 0 Å². The van der Waals surface area contributed by atoms with E-state index in [1.807, 2.05) is 10.9 Å². The Morgan fingerprint density at radius 1 is 1.22 bits per heavy atom. The van der Waals surface area contributed by atoms with Crippen LogP contribution in [0.15, 0.2) is 6.20 Å². The lowest BCUT2D eigenvalue weighted by Crippen LogP contribution is -2.32. The zero-order chi connectivity index (χ0) is 12.8. The minimum absolute atomic E-state index is 0.955. The molecule has 1 saturated heterocycles. The van der Waals surface area contributed by atoms with Crippen LogP contribution in [0, 0.1) is 0 Å². The molecule has 0 bridgehead atoms. The number of rotatable bonds is 5. The maximum atomic E-state index is 4.17. The molecule has 18 heavy (non-hydrogen) atoms. The SMILES string of the molecule is CCCn1nncc1N1CCCN(CCBr)CC1. The van der Waals surface area contributed by atoms with Gasteiger partial charge in [0.25, 0.3) is 0 Å². The summed E-state index contributed by atoms with van der Waals surface area (Å²) in [7, 11) is 0. The molecule has 102 valence electrons. The highest BCUT2D eigenvalue weighted by Crippen LogP contribution is 2.15. The number of aromatic nitrogens is 3. The third-order valence-corrected chi connectivity index (χ3v) is 3.70. The largest absolute Gasteiger partial charge is 0.354 e. The minimum Gasteiger partial charge on any atom is -0.354 e. The van der Waals surface area contributed by atoms with Gasteiger partial charge in [-0.3, -0.25) is 0 Å². The predicted molar refractivity (Wildman–Crippen MR) is 77.4 cm³/mol. The van der Waals surface area contributed by atoms with E-state index in [0.717, 1.165) is 44.5 Å². The van der Waals surface area contributed by atoms with Crippen LogP contribution in [0.25, 0.3) is 0 Å². The van der Waals surface area contributed by atoms with Gasteiger partial charge < -0.3 is 9.80 Å². The summed E-state index contributed by atoms with van der Waals surface area (Å²) in [6.07, 6.45) is 4.21. The van der Waals surface area contributed by atoms with Crippen molar-refractivity contribution in [3.05, 3.63) is 6.20 Å². The molecule has 1 fully saturated rings. The Labute approximate surface area is 117 Å². The van der Waals surface area contributed by atoms with E-state index in [1.165, 1.54) is 18.8 Å². The third kappa shape index (κ3) is 3.45. The molecular weight excluding hydrogens is 294 g/mol. The second-order valence-corrected chi connectivity index (χ2v) is 5.48. The van der Waals surface area contributed by atoms with Gasteiger partial charge in [0, 0.05) is 38.1 Å². The van der Waals surface area contributed by atoms with E-state index in [9.17, 15) is 0 Å². The van der Waals surface area contributed by atoms with Gasteiger partial charge in [-0.1, -0.05) is 28.1 Å². The van der Waals surface area contributed by atoms with Crippen LogP contribution in [0.1, 0.15) is 19.8 Å². The van der Waals surface area contributed by atoms with Crippen molar-refractivity contribution in [1.29, 1.82) is 0 Å². The summed E-state index contributed by atoms with van der Waals surface area (Å²) >= 11 is 3.52. The fourth-order valence-corrected chi connectivity index (χ4v) is 2.91. The van der Waals surface area contributed by atoms with E-state index in [0.29, 0.717) is 0 Å². The van der Waals surface area contributed by atoms with Crippen LogP contribution >= 0.6 is 15.9 Å². The predicted octanol–water partition coefficient (Wildman–Crippen LogP) is 1.60. The van der Waals surface area contributed by atoms with Crippen LogP contribution in [0.4, 0.5) is 5.82 Å². The van der Waals surface area contributed by atoms with E-state index < -0.39 is 0 Å². The highest BCUT2D eigenvalue weighted by atomic mass is 79.9. The molecule has 0 atom stereocenters. The zero-order valence-corrected chi connectivity index (χ0v) is 12.6. The van der Waals surface area contributed by atoms with Crippen molar-refractivity contribution < 1.29 is 0 Å². The average molecular weight is 316 g/mol. The number of nitrogens with zero attached hydrogens (tertiary/aromatic N) is 5. The Kier molecular flexibility index (Phi) is 5.44. The van der Waals surface area contributed by atoms with Gasteiger partial charge in [0.1, 0.15) is 5.82 Å². The molecule has 2 heterocycles. The Morgan fingerprint density at radius 3 is 2.89 bits per heavy atom. The molecule has 0 aliphatic carbocycles. The van der Waals surface area contributed by atoms with Crippen LogP contribution in [0.3, 0.4) is 0 Å². The summed E-state index contributed by atoms with van der Waals surface area (Å²) < 4.78 is 2.03. The standard InChI is InChI=1S/C12H22BrN5/c1-2-5-18-12(11-14-15-18)17-7-3-6-16(8-4-13)9-10-17/h11H,2-10H2,1H3. The first kappa shape index (κ1) is 13.8. The van der Waals surface area contributed by atoms with Crippen molar-refractivity contribution >= 4 is 21.7 Å². The number of hydrogen-bond donors (Lipinski definition) is 0. The first-order chi connectivity index (χ1) is 8.85. The second-order valence-electron chi connectivity index (χ2n) is 4.69. The van der Waals surface area contributed by atoms with Gasteiger partial charge in [-0.25, -0.2) is 4.68 Å². The van der Waals surface area contributed by atoms with E-state index in [1.54, 1.807) is 0 Å². The van der Waals surface area contributed by atoms with Crippen LogP contribution < -0.4 is 4.90 Å². The number of aryl methyl sites for hydroxylation is 1. The van der Waals surface area contributed by atoms with E-state index in [-0.39, 0.29) is 0 Å². The molecule has 1 aromatic rings. The van der Waals surface area contributed by atoms with Crippen molar-refractivity contribution in [1.82, 2.24) is 19.9 Å². The maximum absolute atomic E-state index is 4.17. The highest BCUT2D eigenvalue weighted by molar-refractivity contribution is 9.09. The Balaban J connectivity index is 1.98. The highest BCUT2D eigenvalue weighted by Gasteiger charge is 2.17. The lowest BCUT2D eigenvalue weighted by atomic mass is 10.4. The smallest absolute Gasteiger partial charge is 0.147 e. The molecule has 0 amide bonds. The lowest BCUT2D eigenvalue weighted by molar-refractivity contribution is 0.313. The van der Waals surface area contributed by atoms with Gasteiger partial charge in [-0.05, 0) is 19.4 Å². The fraction of sp³-hybridized carbons (Fsp3) is 0.833. The van der Waals surface area contributed by atoms with Crippen molar-refractivity contribution in [2.45, 2.75) is 26.3 Å². The maximum Gasteiger partial charge on any atom is 0.147 e. The molecule has 0 unspecified atom stereocenters. The summed E-state index contributed by atoms with van der Waals surface area (Å²) in [5, 5.41) is 9.28. The molecule has 0 spiro atoms. The normalized spacial score (nSPS) is 18.0. The van der Waals surface area contributed by atoms with Gasteiger partial charge >= 0.3 is 0 Å². The topological polar surface area (TPSA) is 37.2 Å². The molecule has 0 N–H and O–H groups in total. The van der Waals surface area contributed by atoms with Crippen molar-refractivity contribution in [3.8, 4) is 0 Å². The van der Waals surface area contributed by atoms with Crippen LogP contribution in [0.5, 0.6) is 0 Å². The number of halogens is 1. The average Bonchev–Trinajstić information content (AvgIpc) is 2.69. The van der Waals surface area contributed by atoms with Gasteiger partial charge in [-0.15, -0.1) is 5.10 Å². The second kappa shape index (κ2) is 7.09.